The van der Waals surface area contributed by atoms with Gasteiger partial charge in [-0.3, -0.25) is 4.98 Å². The Hall–Kier alpha value is -3.21. The molecule has 3 aromatic rings. The summed E-state index contributed by atoms with van der Waals surface area (Å²) < 4.78 is 1.73. The van der Waals surface area contributed by atoms with Crippen LogP contribution >= 0.6 is 0 Å². The van der Waals surface area contributed by atoms with E-state index in [-0.39, 0.29) is 0 Å². The number of carboxylic acids is 1. The third-order valence-electron chi connectivity index (χ3n) is 3.12. The van der Waals surface area contributed by atoms with E-state index in [0.717, 1.165) is 22.9 Å². The minimum atomic E-state index is -0.992. The molecule has 0 fully saturated rings. The van der Waals surface area contributed by atoms with Crippen molar-refractivity contribution in [1.82, 2.24) is 14.8 Å². The molecule has 0 aliphatic rings. The molecular weight excluding hydrogens is 278 g/mol. The third kappa shape index (κ3) is 2.93. The van der Waals surface area contributed by atoms with Gasteiger partial charge in [0, 0.05) is 35.8 Å². The van der Waals surface area contributed by atoms with Crippen LogP contribution in [-0.4, -0.2) is 25.8 Å². The van der Waals surface area contributed by atoms with Crippen molar-refractivity contribution in [2.45, 2.75) is 0 Å². The molecule has 0 radical (unpaired) electrons. The summed E-state index contributed by atoms with van der Waals surface area (Å²) in [5.41, 5.74) is 3.24. The van der Waals surface area contributed by atoms with E-state index in [1.165, 1.54) is 0 Å². The monoisotopic (exact) mass is 291 g/mol. The predicted octanol–water partition coefficient (Wildman–Crippen LogP) is 3.03. The van der Waals surface area contributed by atoms with E-state index in [2.05, 4.69) is 10.1 Å². The van der Waals surface area contributed by atoms with Gasteiger partial charge in [0.05, 0.1) is 5.69 Å². The highest BCUT2D eigenvalue weighted by Gasteiger charge is 2.10. The van der Waals surface area contributed by atoms with Crippen molar-refractivity contribution >= 4 is 12.0 Å². The Kier molecular flexibility index (Phi) is 3.78. The van der Waals surface area contributed by atoms with Crippen LogP contribution in [0.5, 0.6) is 0 Å². The first-order chi connectivity index (χ1) is 10.7. The predicted molar refractivity (Wildman–Crippen MR) is 83.5 cm³/mol. The van der Waals surface area contributed by atoms with Gasteiger partial charge in [-0.05, 0) is 30.3 Å². The van der Waals surface area contributed by atoms with Crippen LogP contribution in [0.25, 0.3) is 23.0 Å². The Balaban J connectivity index is 2.11. The fourth-order valence-corrected chi connectivity index (χ4v) is 2.12. The first-order valence-electron chi connectivity index (χ1n) is 6.70. The molecule has 3 rings (SSSR count). The van der Waals surface area contributed by atoms with E-state index in [1.807, 2.05) is 48.7 Å². The average Bonchev–Trinajstić information content (AvgIpc) is 2.99. The summed E-state index contributed by atoms with van der Waals surface area (Å²) in [4.78, 5) is 14.8. The minimum Gasteiger partial charge on any atom is -0.478 e. The van der Waals surface area contributed by atoms with E-state index in [1.54, 1.807) is 23.2 Å². The zero-order valence-corrected chi connectivity index (χ0v) is 11.6. The zero-order chi connectivity index (χ0) is 15.4. The maximum atomic E-state index is 10.8. The van der Waals surface area contributed by atoms with Crippen LogP contribution < -0.4 is 0 Å². The number of hydrogen-bond donors (Lipinski definition) is 1. The highest BCUT2D eigenvalue weighted by molar-refractivity contribution is 5.87. The van der Waals surface area contributed by atoms with Crippen molar-refractivity contribution in [3.05, 3.63) is 72.7 Å². The van der Waals surface area contributed by atoms with Crippen molar-refractivity contribution in [3.8, 4) is 16.9 Å². The van der Waals surface area contributed by atoms with E-state index >= 15 is 0 Å². The molecule has 0 aliphatic carbocycles. The number of para-hydroxylation sites is 1. The molecule has 22 heavy (non-hydrogen) atoms. The van der Waals surface area contributed by atoms with E-state index < -0.39 is 5.97 Å². The first kappa shape index (κ1) is 13.8. The SMILES string of the molecule is O=C(O)/C=C/c1cn(-c2ccccc2)nc1-c1ccncc1. The summed E-state index contributed by atoms with van der Waals surface area (Å²) in [6, 6.07) is 13.3. The summed E-state index contributed by atoms with van der Waals surface area (Å²) in [5, 5.41) is 13.4. The van der Waals surface area contributed by atoms with E-state index in [0.29, 0.717) is 5.69 Å². The molecule has 2 aromatic heterocycles. The smallest absolute Gasteiger partial charge is 0.328 e. The van der Waals surface area contributed by atoms with Gasteiger partial charge < -0.3 is 5.11 Å². The van der Waals surface area contributed by atoms with Gasteiger partial charge >= 0.3 is 5.97 Å². The largest absolute Gasteiger partial charge is 0.478 e. The molecule has 1 aromatic carbocycles. The van der Waals surface area contributed by atoms with Crippen LogP contribution in [-0.2, 0) is 4.79 Å². The standard InChI is InChI=1S/C17H13N3O2/c21-16(22)7-6-14-12-20(15-4-2-1-3-5-15)19-17(14)13-8-10-18-11-9-13/h1-12H,(H,21,22)/b7-6+. The minimum absolute atomic E-state index is 0.712. The molecule has 2 heterocycles. The number of aromatic nitrogens is 3. The second-order valence-electron chi connectivity index (χ2n) is 4.62. The fraction of sp³-hybridized carbons (Fsp3) is 0. The number of hydrogen-bond acceptors (Lipinski definition) is 3. The highest BCUT2D eigenvalue weighted by atomic mass is 16.4. The van der Waals surface area contributed by atoms with Gasteiger partial charge in [0.15, 0.2) is 0 Å². The number of benzene rings is 1. The van der Waals surface area contributed by atoms with Crippen molar-refractivity contribution in [1.29, 1.82) is 0 Å². The summed E-state index contributed by atoms with van der Waals surface area (Å²) in [6.45, 7) is 0. The number of carboxylic acid groups (broad SMARTS) is 1. The van der Waals surface area contributed by atoms with Gasteiger partial charge in [-0.1, -0.05) is 18.2 Å². The molecule has 0 spiro atoms. The van der Waals surface area contributed by atoms with Gasteiger partial charge in [0.2, 0.25) is 0 Å². The highest BCUT2D eigenvalue weighted by Crippen LogP contribution is 2.24. The van der Waals surface area contributed by atoms with Crippen LogP contribution in [0.15, 0.2) is 67.1 Å². The molecule has 0 aliphatic heterocycles. The number of aliphatic carboxylic acids is 1. The summed E-state index contributed by atoms with van der Waals surface area (Å²) in [7, 11) is 0. The van der Waals surface area contributed by atoms with Crippen molar-refractivity contribution < 1.29 is 9.90 Å². The van der Waals surface area contributed by atoms with Crippen LogP contribution in [0.3, 0.4) is 0 Å². The van der Waals surface area contributed by atoms with Crippen LogP contribution in [0.4, 0.5) is 0 Å². The number of rotatable bonds is 4. The lowest BCUT2D eigenvalue weighted by molar-refractivity contribution is -0.131. The van der Waals surface area contributed by atoms with Gasteiger partial charge in [0.25, 0.3) is 0 Å². The Morgan fingerprint density at radius 2 is 1.82 bits per heavy atom. The number of nitrogens with zero attached hydrogens (tertiary/aromatic N) is 3. The first-order valence-corrected chi connectivity index (χ1v) is 6.70. The number of carbonyl (C=O) groups is 1. The maximum Gasteiger partial charge on any atom is 0.328 e. The van der Waals surface area contributed by atoms with Crippen molar-refractivity contribution in [3.63, 3.8) is 0 Å². The van der Waals surface area contributed by atoms with E-state index in [9.17, 15) is 4.79 Å². The molecule has 108 valence electrons. The Bertz CT molecular complexity index is 808. The summed E-state index contributed by atoms with van der Waals surface area (Å²) in [6.07, 6.45) is 7.83. The summed E-state index contributed by atoms with van der Waals surface area (Å²) >= 11 is 0. The van der Waals surface area contributed by atoms with Gasteiger partial charge in [-0.25, -0.2) is 9.48 Å². The molecule has 0 amide bonds. The Labute approximate surface area is 127 Å². The van der Waals surface area contributed by atoms with Gasteiger partial charge in [0.1, 0.15) is 5.69 Å². The molecule has 5 heteroatoms. The Morgan fingerprint density at radius 3 is 2.50 bits per heavy atom. The van der Waals surface area contributed by atoms with Crippen LogP contribution in [0.1, 0.15) is 5.56 Å². The maximum absolute atomic E-state index is 10.8. The second kappa shape index (κ2) is 6.05. The molecule has 0 bridgehead atoms. The lowest BCUT2D eigenvalue weighted by Crippen LogP contribution is -1.93. The molecule has 0 unspecified atom stereocenters. The zero-order valence-electron chi connectivity index (χ0n) is 11.6. The van der Waals surface area contributed by atoms with Crippen molar-refractivity contribution in [2.24, 2.45) is 0 Å². The molecular formula is C17H13N3O2. The molecule has 1 N–H and O–H groups in total. The Morgan fingerprint density at radius 1 is 1.09 bits per heavy atom. The average molecular weight is 291 g/mol. The molecule has 0 saturated carbocycles. The normalized spacial score (nSPS) is 10.9. The quantitative estimate of drug-likeness (QED) is 0.750. The summed E-state index contributed by atoms with van der Waals surface area (Å²) in [5.74, 6) is -0.992. The molecule has 5 nitrogen and oxygen atoms in total. The third-order valence-corrected chi connectivity index (χ3v) is 3.12. The fourth-order valence-electron chi connectivity index (χ4n) is 2.12. The lowest BCUT2D eigenvalue weighted by Gasteiger charge is -2.00. The topological polar surface area (TPSA) is 68.0 Å². The van der Waals surface area contributed by atoms with Gasteiger partial charge in [-0.15, -0.1) is 0 Å². The lowest BCUT2D eigenvalue weighted by atomic mass is 10.1. The van der Waals surface area contributed by atoms with E-state index in [4.69, 9.17) is 5.11 Å². The number of pyridine rings is 1. The second-order valence-corrected chi connectivity index (χ2v) is 4.62. The van der Waals surface area contributed by atoms with Gasteiger partial charge in [-0.2, -0.15) is 5.10 Å². The molecule has 0 saturated heterocycles. The van der Waals surface area contributed by atoms with Crippen LogP contribution in [0.2, 0.25) is 0 Å². The van der Waals surface area contributed by atoms with Crippen LogP contribution in [0, 0.1) is 0 Å². The molecule has 0 atom stereocenters. The van der Waals surface area contributed by atoms with Crippen molar-refractivity contribution in [2.75, 3.05) is 0 Å².